The van der Waals surface area contributed by atoms with E-state index in [4.69, 9.17) is 14.2 Å². The van der Waals surface area contributed by atoms with Crippen molar-refractivity contribution in [1.82, 2.24) is 5.32 Å². The first-order chi connectivity index (χ1) is 12.9. The van der Waals surface area contributed by atoms with Gasteiger partial charge in [0.05, 0.1) is 26.4 Å². The summed E-state index contributed by atoms with van der Waals surface area (Å²) in [6, 6.07) is 11.2. The van der Waals surface area contributed by atoms with E-state index in [1.54, 1.807) is 7.11 Å². The zero-order valence-corrected chi connectivity index (χ0v) is 15.8. The molecule has 0 aliphatic carbocycles. The van der Waals surface area contributed by atoms with Crippen molar-refractivity contribution in [1.29, 1.82) is 0 Å². The fraction of sp³-hybridized carbons (Fsp3) is 0.381. The number of amides is 2. The highest BCUT2D eigenvalue weighted by Gasteiger charge is 2.34. The fourth-order valence-corrected chi connectivity index (χ4v) is 3.66. The Kier molecular flexibility index (Phi) is 4.44. The van der Waals surface area contributed by atoms with Gasteiger partial charge >= 0.3 is 6.03 Å². The van der Waals surface area contributed by atoms with E-state index in [0.29, 0.717) is 19.6 Å². The Morgan fingerprint density at radius 1 is 1.15 bits per heavy atom. The molecule has 0 bridgehead atoms. The van der Waals surface area contributed by atoms with Crippen LogP contribution in [0.1, 0.15) is 43.0 Å². The first kappa shape index (κ1) is 17.7. The van der Waals surface area contributed by atoms with Gasteiger partial charge in [0, 0.05) is 23.7 Å². The van der Waals surface area contributed by atoms with E-state index in [0.717, 1.165) is 28.3 Å². The van der Waals surface area contributed by atoms with Gasteiger partial charge in [0.1, 0.15) is 17.1 Å². The molecule has 0 saturated carbocycles. The predicted octanol–water partition coefficient (Wildman–Crippen LogP) is 4.15. The zero-order valence-electron chi connectivity index (χ0n) is 15.8. The van der Waals surface area contributed by atoms with Gasteiger partial charge in [0.25, 0.3) is 0 Å². The molecule has 142 valence electrons. The van der Waals surface area contributed by atoms with Crippen LogP contribution < -0.4 is 20.1 Å². The Morgan fingerprint density at radius 3 is 2.78 bits per heavy atom. The number of methoxy groups -OCH3 is 1. The molecule has 0 spiro atoms. The van der Waals surface area contributed by atoms with Crippen molar-refractivity contribution in [3.05, 3.63) is 53.1 Å². The Hall–Kier alpha value is -2.73. The number of hydrogen-bond acceptors (Lipinski definition) is 4. The zero-order chi connectivity index (χ0) is 19.0. The van der Waals surface area contributed by atoms with Gasteiger partial charge in [-0.1, -0.05) is 6.07 Å². The minimum Gasteiger partial charge on any atom is -0.497 e. The molecule has 6 nitrogen and oxygen atoms in total. The molecule has 0 radical (unpaired) electrons. The van der Waals surface area contributed by atoms with Crippen molar-refractivity contribution in [2.75, 3.05) is 12.4 Å². The quantitative estimate of drug-likeness (QED) is 0.854. The van der Waals surface area contributed by atoms with Crippen molar-refractivity contribution in [2.24, 2.45) is 0 Å². The minimum atomic E-state index is -0.387. The normalized spacial score (nSPS) is 19.4. The summed E-state index contributed by atoms with van der Waals surface area (Å²) in [5.74, 6) is 1.47. The third-order valence-corrected chi connectivity index (χ3v) is 4.96. The summed E-state index contributed by atoms with van der Waals surface area (Å²) in [4.78, 5) is 12.6. The van der Waals surface area contributed by atoms with Crippen LogP contribution in [0.2, 0.25) is 0 Å². The number of urea groups is 1. The summed E-state index contributed by atoms with van der Waals surface area (Å²) in [7, 11) is 1.63. The molecule has 0 unspecified atom stereocenters. The highest BCUT2D eigenvalue weighted by atomic mass is 16.5. The third kappa shape index (κ3) is 3.71. The Bertz CT molecular complexity index is 878. The van der Waals surface area contributed by atoms with Gasteiger partial charge < -0.3 is 24.8 Å². The molecule has 2 aliphatic rings. The van der Waals surface area contributed by atoms with E-state index in [9.17, 15) is 4.79 Å². The number of ether oxygens (including phenoxy) is 3. The Morgan fingerprint density at radius 2 is 1.96 bits per heavy atom. The summed E-state index contributed by atoms with van der Waals surface area (Å²) < 4.78 is 16.8. The molecule has 0 saturated heterocycles. The van der Waals surface area contributed by atoms with Crippen molar-refractivity contribution >= 4 is 11.7 Å². The number of fused-ring (bicyclic) bond motifs is 2. The van der Waals surface area contributed by atoms with Gasteiger partial charge in [-0.25, -0.2) is 4.79 Å². The van der Waals surface area contributed by atoms with E-state index >= 15 is 0 Å². The SMILES string of the molecule is COc1ccc2c(c1)OC(C)(C)C[C@@H]2NC(=O)Nc1ccc2c(c1)COC2. The lowest BCUT2D eigenvalue weighted by atomic mass is 9.89. The highest BCUT2D eigenvalue weighted by Crippen LogP contribution is 2.41. The molecule has 2 amide bonds. The molecular weight excluding hydrogens is 344 g/mol. The topological polar surface area (TPSA) is 68.8 Å². The number of hydrogen-bond donors (Lipinski definition) is 2. The van der Waals surface area contributed by atoms with Crippen LogP contribution in [0.3, 0.4) is 0 Å². The number of benzene rings is 2. The summed E-state index contributed by atoms with van der Waals surface area (Å²) in [5.41, 5.74) is 3.63. The average Bonchev–Trinajstić information content (AvgIpc) is 3.07. The first-order valence-electron chi connectivity index (χ1n) is 9.07. The molecule has 1 atom stereocenters. The van der Waals surface area contributed by atoms with Gasteiger partial charge in [0.15, 0.2) is 0 Å². The molecular formula is C21H24N2O4. The largest absolute Gasteiger partial charge is 0.497 e. The summed E-state index contributed by atoms with van der Waals surface area (Å²) in [6.45, 7) is 5.26. The number of anilines is 1. The van der Waals surface area contributed by atoms with Crippen LogP contribution in [-0.4, -0.2) is 18.7 Å². The van der Waals surface area contributed by atoms with Gasteiger partial charge in [-0.05, 0) is 49.2 Å². The molecule has 2 N–H and O–H groups in total. The van der Waals surface area contributed by atoms with Crippen molar-refractivity contribution in [2.45, 2.75) is 45.1 Å². The van der Waals surface area contributed by atoms with Crippen LogP contribution in [0, 0.1) is 0 Å². The molecule has 6 heteroatoms. The lowest BCUT2D eigenvalue weighted by Crippen LogP contribution is -2.42. The van der Waals surface area contributed by atoms with E-state index in [1.807, 2.05) is 50.2 Å². The van der Waals surface area contributed by atoms with Gasteiger partial charge in [-0.2, -0.15) is 0 Å². The molecule has 4 rings (SSSR count). The highest BCUT2D eigenvalue weighted by molar-refractivity contribution is 5.89. The maximum absolute atomic E-state index is 12.6. The van der Waals surface area contributed by atoms with Gasteiger partial charge in [-0.3, -0.25) is 0 Å². The van der Waals surface area contributed by atoms with Crippen molar-refractivity contribution in [3.63, 3.8) is 0 Å². The summed E-state index contributed by atoms with van der Waals surface area (Å²) in [6.07, 6.45) is 0.678. The van der Waals surface area contributed by atoms with Crippen LogP contribution in [0.4, 0.5) is 10.5 Å². The number of nitrogens with one attached hydrogen (secondary N) is 2. The monoisotopic (exact) mass is 368 g/mol. The van der Waals surface area contributed by atoms with E-state index in [1.165, 1.54) is 5.56 Å². The van der Waals surface area contributed by atoms with E-state index in [2.05, 4.69) is 10.6 Å². The number of carbonyl (C=O) groups excluding carboxylic acids is 1. The summed E-state index contributed by atoms with van der Waals surface area (Å²) >= 11 is 0. The molecule has 2 heterocycles. The van der Waals surface area contributed by atoms with Crippen LogP contribution in [-0.2, 0) is 18.0 Å². The molecule has 2 aromatic rings. The lowest BCUT2D eigenvalue weighted by Gasteiger charge is -2.38. The second-order valence-corrected chi connectivity index (χ2v) is 7.60. The van der Waals surface area contributed by atoms with Gasteiger partial charge in [-0.15, -0.1) is 0 Å². The van der Waals surface area contributed by atoms with Crippen LogP contribution in [0.25, 0.3) is 0 Å². The second kappa shape index (κ2) is 6.78. The Labute approximate surface area is 158 Å². The molecule has 0 aromatic heterocycles. The molecule has 27 heavy (non-hydrogen) atoms. The standard InChI is InChI=1S/C21H24N2O4/c1-21(2)10-18(17-7-6-16(25-3)9-19(17)27-21)23-20(24)22-15-5-4-13-11-26-12-14(13)8-15/h4-9,18H,10-12H2,1-3H3,(H2,22,23,24)/t18-/m0/s1. The molecule has 2 aromatic carbocycles. The van der Waals surface area contributed by atoms with E-state index < -0.39 is 0 Å². The smallest absolute Gasteiger partial charge is 0.319 e. The maximum atomic E-state index is 12.6. The molecule has 0 fully saturated rings. The average molecular weight is 368 g/mol. The van der Waals surface area contributed by atoms with Crippen molar-refractivity contribution in [3.8, 4) is 11.5 Å². The van der Waals surface area contributed by atoms with Gasteiger partial charge in [0.2, 0.25) is 0 Å². The summed E-state index contributed by atoms with van der Waals surface area (Å²) in [5, 5.41) is 6.01. The Balaban J connectivity index is 1.51. The first-order valence-corrected chi connectivity index (χ1v) is 9.07. The van der Waals surface area contributed by atoms with E-state index in [-0.39, 0.29) is 17.7 Å². The second-order valence-electron chi connectivity index (χ2n) is 7.60. The minimum absolute atomic E-state index is 0.146. The fourth-order valence-electron chi connectivity index (χ4n) is 3.66. The number of rotatable bonds is 3. The van der Waals surface area contributed by atoms with Crippen LogP contribution in [0.5, 0.6) is 11.5 Å². The molecule has 2 aliphatic heterocycles. The maximum Gasteiger partial charge on any atom is 0.319 e. The van der Waals surface area contributed by atoms with Crippen LogP contribution >= 0.6 is 0 Å². The third-order valence-electron chi connectivity index (χ3n) is 4.96. The van der Waals surface area contributed by atoms with Crippen LogP contribution in [0.15, 0.2) is 36.4 Å². The lowest BCUT2D eigenvalue weighted by molar-refractivity contribution is 0.0679. The predicted molar refractivity (Wildman–Crippen MR) is 102 cm³/mol. The number of carbonyl (C=O) groups is 1. The van der Waals surface area contributed by atoms with Crippen molar-refractivity contribution < 1.29 is 19.0 Å².